The minimum absolute atomic E-state index is 0.00325. The fourth-order valence-corrected chi connectivity index (χ4v) is 6.19. The number of carbonyl (C=O) groups excluding carboxylic acids is 1. The number of halogens is 1. The van der Waals surface area contributed by atoms with E-state index in [-0.39, 0.29) is 17.2 Å². The van der Waals surface area contributed by atoms with Crippen molar-refractivity contribution in [3.63, 3.8) is 0 Å². The van der Waals surface area contributed by atoms with Crippen molar-refractivity contribution in [1.82, 2.24) is 4.57 Å². The van der Waals surface area contributed by atoms with Crippen LogP contribution in [0.15, 0.2) is 110 Å². The van der Waals surface area contributed by atoms with Gasteiger partial charge in [-0.25, -0.2) is 4.99 Å². The lowest BCUT2D eigenvalue weighted by molar-refractivity contribution is -0.384. The van der Waals surface area contributed by atoms with Gasteiger partial charge in [0.15, 0.2) is 4.80 Å². The summed E-state index contributed by atoms with van der Waals surface area (Å²) in [5.41, 5.74) is 3.24. The van der Waals surface area contributed by atoms with Gasteiger partial charge in [0.25, 0.3) is 17.2 Å². The van der Waals surface area contributed by atoms with Crippen molar-refractivity contribution in [3.8, 4) is 11.3 Å². The number of benzene rings is 3. The fraction of sp³-hybridized carbons (Fsp3) is 0.0938. The lowest BCUT2D eigenvalue weighted by atomic mass is 9.95. The summed E-state index contributed by atoms with van der Waals surface area (Å²) in [6.45, 7) is 3.53. The average Bonchev–Trinajstić information content (AvgIpc) is 3.57. The van der Waals surface area contributed by atoms with Gasteiger partial charge in [0.1, 0.15) is 11.5 Å². The van der Waals surface area contributed by atoms with Gasteiger partial charge in [0.05, 0.1) is 26.8 Å². The molecule has 0 saturated heterocycles. The molecule has 1 aliphatic heterocycles. The summed E-state index contributed by atoms with van der Waals surface area (Å²) in [7, 11) is 0. The molecule has 2 aromatic heterocycles. The predicted octanol–water partition coefficient (Wildman–Crippen LogP) is 6.00. The molecule has 1 atom stereocenters. The van der Waals surface area contributed by atoms with Crippen molar-refractivity contribution in [1.29, 1.82) is 0 Å². The number of carbonyl (C=O) groups is 1. The lowest BCUT2D eigenvalue weighted by Gasteiger charge is -2.25. The van der Waals surface area contributed by atoms with E-state index in [1.165, 1.54) is 28.0 Å². The number of allylic oxidation sites excluding steroid dienone is 1. The third-order valence-electron chi connectivity index (χ3n) is 7.07. The second kappa shape index (κ2) is 11.3. The van der Waals surface area contributed by atoms with E-state index in [1.54, 1.807) is 74.5 Å². The molecule has 1 N–H and O–H groups in total. The first kappa shape index (κ1) is 28.1. The number of para-hydroxylation sites is 1. The summed E-state index contributed by atoms with van der Waals surface area (Å²) in [5.74, 6) is 0.579. The fourth-order valence-electron chi connectivity index (χ4n) is 5.03. The van der Waals surface area contributed by atoms with Crippen molar-refractivity contribution >= 4 is 46.3 Å². The van der Waals surface area contributed by atoms with E-state index in [2.05, 4.69) is 10.3 Å². The first-order valence-corrected chi connectivity index (χ1v) is 14.4. The lowest BCUT2D eigenvalue weighted by Crippen LogP contribution is -2.40. The number of rotatable bonds is 6. The van der Waals surface area contributed by atoms with E-state index in [0.717, 1.165) is 0 Å². The first-order chi connectivity index (χ1) is 20.7. The Kier molecular flexibility index (Phi) is 7.39. The van der Waals surface area contributed by atoms with Crippen molar-refractivity contribution in [3.05, 3.63) is 148 Å². The number of nitrogens with zero attached hydrogens (tertiary/aromatic N) is 3. The van der Waals surface area contributed by atoms with E-state index < -0.39 is 11.0 Å². The van der Waals surface area contributed by atoms with E-state index in [0.29, 0.717) is 59.5 Å². The van der Waals surface area contributed by atoms with Crippen LogP contribution in [0.2, 0.25) is 5.02 Å². The molecule has 0 bridgehead atoms. The van der Waals surface area contributed by atoms with E-state index in [4.69, 9.17) is 16.0 Å². The number of aryl methyl sites for hydroxylation is 1. The van der Waals surface area contributed by atoms with Crippen LogP contribution < -0.4 is 20.2 Å². The van der Waals surface area contributed by atoms with Crippen LogP contribution in [0.3, 0.4) is 0 Å². The maximum Gasteiger partial charge on any atom is 0.271 e. The second-order valence-corrected chi connectivity index (χ2v) is 11.4. The van der Waals surface area contributed by atoms with E-state index in [1.807, 2.05) is 18.2 Å². The number of nitrogens with one attached hydrogen (secondary N) is 1. The number of furan rings is 1. The third-order valence-corrected chi connectivity index (χ3v) is 8.31. The molecule has 1 aliphatic rings. The summed E-state index contributed by atoms with van der Waals surface area (Å²) in [5, 5.41) is 14.6. The number of aromatic nitrogens is 1. The first-order valence-electron chi connectivity index (χ1n) is 13.2. The SMILES string of the molecule is CC1=C(C(=O)Nc2ccccc2)C(c2ccc(Cl)cc2)n2c(s/c(=C\c3ccc(-c4ccc([N+](=O)[O-])cc4C)o3)c2=O)=N1. The Morgan fingerprint density at radius 2 is 1.81 bits per heavy atom. The molecule has 0 spiro atoms. The number of nitro benzene ring substituents is 1. The standard InChI is InChI=1S/C32H23ClN4O5S/c1-18-16-23(37(40)41)12-14-25(18)26-15-13-24(42-26)17-27-31(39)36-29(20-8-10-21(33)11-9-20)28(19(2)34-32(36)43-27)30(38)35-22-6-4-3-5-7-22/h3-17,29H,1-2H3,(H,35,38)/b27-17-. The molecule has 6 rings (SSSR count). The highest BCUT2D eigenvalue weighted by atomic mass is 35.5. The summed E-state index contributed by atoms with van der Waals surface area (Å²) >= 11 is 7.36. The quantitative estimate of drug-likeness (QED) is 0.187. The summed E-state index contributed by atoms with van der Waals surface area (Å²) in [6.07, 6.45) is 1.63. The monoisotopic (exact) mass is 610 g/mol. The van der Waals surface area contributed by atoms with Crippen LogP contribution in [0.5, 0.6) is 0 Å². The van der Waals surface area contributed by atoms with Gasteiger partial charge < -0.3 is 9.73 Å². The Labute approximate surface area is 253 Å². The molecule has 11 heteroatoms. The predicted molar refractivity (Wildman–Crippen MR) is 166 cm³/mol. The largest absolute Gasteiger partial charge is 0.457 e. The summed E-state index contributed by atoms with van der Waals surface area (Å²) in [4.78, 5) is 43.4. The van der Waals surface area contributed by atoms with Crippen LogP contribution in [0.4, 0.5) is 11.4 Å². The molecule has 0 radical (unpaired) electrons. The second-order valence-electron chi connectivity index (χ2n) is 9.91. The number of nitro groups is 1. The van der Waals surface area contributed by atoms with Gasteiger partial charge in [-0.3, -0.25) is 24.3 Å². The smallest absolute Gasteiger partial charge is 0.271 e. The summed E-state index contributed by atoms with van der Waals surface area (Å²) < 4.78 is 7.92. The Bertz CT molecular complexity index is 2110. The van der Waals surface area contributed by atoms with Gasteiger partial charge in [0.2, 0.25) is 0 Å². The van der Waals surface area contributed by atoms with Gasteiger partial charge >= 0.3 is 0 Å². The highest BCUT2D eigenvalue weighted by molar-refractivity contribution is 7.07. The minimum Gasteiger partial charge on any atom is -0.457 e. The molecular weight excluding hydrogens is 588 g/mol. The molecule has 5 aromatic rings. The third kappa shape index (κ3) is 5.45. The highest BCUT2D eigenvalue weighted by Gasteiger charge is 2.32. The van der Waals surface area contributed by atoms with Crippen LogP contribution in [-0.4, -0.2) is 15.4 Å². The molecule has 1 amide bonds. The van der Waals surface area contributed by atoms with Crippen LogP contribution in [-0.2, 0) is 4.79 Å². The number of hydrogen-bond donors (Lipinski definition) is 1. The molecule has 9 nitrogen and oxygen atoms in total. The van der Waals surface area contributed by atoms with Gasteiger partial charge in [0, 0.05) is 34.5 Å². The maximum absolute atomic E-state index is 13.9. The van der Waals surface area contributed by atoms with Crippen LogP contribution >= 0.6 is 22.9 Å². The van der Waals surface area contributed by atoms with Crippen LogP contribution in [0.1, 0.15) is 29.9 Å². The molecule has 3 heterocycles. The van der Waals surface area contributed by atoms with Gasteiger partial charge in [-0.2, -0.15) is 0 Å². The Morgan fingerprint density at radius 3 is 2.51 bits per heavy atom. The molecule has 0 fully saturated rings. The molecule has 214 valence electrons. The zero-order valence-corrected chi connectivity index (χ0v) is 24.5. The van der Waals surface area contributed by atoms with Crippen molar-refractivity contribution in [2.24, 2.45) is 4.99 Å². The number of amides is 1. The number of thiazole rings is 1. The normalized spacial score (nSPS) is 14.8. The molecule has 3 aromatic carbocycles. The molecule has 1 unspecified atom stereocenters. The average molecular weight is 611 g/mol. The van der Waals surface area contributed by atoms with Gasteiger partial charge in [-0.1, -0.05) is 53.3 Å². The van der Waals surface area contributed by atoms with E-state index >= 15 is 0 Å². The number of fused-ring (bicyclic) bond motifs is 1. The van der Waals surface area contributed by atoms with Crippen molar-refractivity contribution in [2.75, 3.05) is 5.32 Å². The zero-order chi connectivity index (χ0) is 30.2. The highest BCUT2D eigenvalue weighted by Crippen LogP contribution is 2.32. The van der Waals surface area contributed by atoms with E-state index in [9.17, 15) is 19.7 Å². The molecule has 43 heavy (non-hydrogen) atoms. The maximum atomic E-state index is 13.9. The Morgan fingerprint density at radius 1 is 1.07 bits per heavy atom. The summed E-state index contributed by atoms with van der Waals surface area (Å²) in [6, 6.07) is 23.4. The van der Waals surface area contributed by atoms with Crippen molar-refractivity contribution < 1.29 is 14.1 Å². The van der Waals surface area contributed by atoms with Crippen LogP contribution in [0, 0.1) is 17.0 Å². The zero-order valence-electron chi connectivity index (χ0n) is 22.9. The number of non-ortho nitro benzene ring substituents is 1. The van der Waals surface area contributed by atoms with Crippen LogP contribution in [0.25, 0.3) is 17.4 Å². The topological polar surface area (TPSA) is 120 Å². The van der Waals surface area contributed by atoms with Crippen molar-refractivity contribution in [2.45, 2.75) is 19.9 Å². The Hall–Kier alpha value is -5.06. The molecule has 0 saturated carbocycles. The molecule has 0 aliphatic carbocycles. The number of hydrogen-bond acceptors (Lipinski definition) is 7. The Balaban J connectivity index is 1.43. The minimum atomic E-state index is -0.741. The van der Waals surface area contributed by atoms with Gasteiger partial charge in [-0.15, -0.1) is 0 Å². The number of anilines is 1. The molecular formula is C32H23ClN4O5S. The van der Waals surface area contributed by atoms with Gasteiger partial charge in [-0.05, 0) is 67.4 Å².